The normalized spacial score (nSPS) is 15.5. The van der Waals surface area contributed by atoms with E-state index in [0.29, 0.717) is 23.2 Å². The number of carbonyl (C=O) groups excluding carboxylic acids is 1. The van der Waals surface area contributed by atoms with Crippen LogP contribution in [0.25, 0.3) is 0 Å². The van der Waals surface area contributed by atoms with Crippen LogP contribution in [0.2, 0.25) is 0 Å². The van der Waals surface area contributed by atoms with Crippen LogP contribution in [0.1, 0.15) is 39.6 Å². The number of nitrogens with zero attached hydrogens (tertiary/aromatic N) is 1. The number of benzene rings is 1. The molecule has 1 aromatic carbocycles. The maximum Gasteiger partial charge on any atom is 0.257 e. The lowest BCUT2D eigenvalue weighted by Crippen LogP contribution is -2.26. The monoisotopic (exact) mass is 331 g/mol. The molecule has 6 heteroatoms. The molecular formula is C17H21N3O2S. The lowest BCUT2D eigenvalue weighted by Gasteiger charge is -2.20. The summed E-state index contributed by atoms with van der Waals surface area (Å²) in [5.41, 5.74) is 1.60. The Balaban J connectivity index is 1.65. The summed E-state index contributed by atoms with van der Waals surface area (Å²) in [5.74, 6) is 0.429. The third-order valence-electron chi connectivity index (χ3n) is 3.99. The number of hydrogen-bond acceptors (Lipinski definition) is 5. The zero-order chi connectivity index (χ0) is 16.1. The highest BCUT2D eigenvalue weighted by atomic mass is 32.1. The average Bonchev–Trinajstić information content (AvgIpc) is 3.05. The molecule has 1 saturated heterocycles. The van der Waals surface area contributed by atoms with E-state index in [0.717, 1.165) is 31.5 Å². The number of piperidine rings is 1. The summed E-state index contributed by atoms with van der Waals surface area (Å²) >= 11 is 1.58. The first-order valence-corrected chi connectivity index (χ1v) is 8.63. The molecule has 122 valence electrons. The molecule has 0 unspecified atom stereocenters. The molecule has 2 heterocycles. The van der Waals surface area contributed by atoms with Crippen LogP contribution in [0.4, 0.5) is 5.13 Å². The fourth-order valence-corrected chi connectivity index (χ4v) is 3.76. The third-order valence-corrected chi connectivity index (χ3v) is 5.06. The summed E-state index contributed by atoms with van der Waals surface area (Å²) in [6.07, 6.45) is 4.17. The molecule has 1 fully saturated rings. The van der Waals surface area contributed by atoms with E-state index in [9.17, 15) is 4.79 Å². The number of aromatic nitrogens is 1. The van der Waals surface area contributed by atoms with Gasteiger partial charge in [-0.15, -0.1) is 11.3 Å². The Hall–Kier alpha value is -1.76. The summed E-state index contributed by atoms with van der Waals surface area (Å²) in [6, 6.07) is 7.46. The lowest BCUT2D eigenvalue weighted by atomic mass is 9.97. The second kappa shape index (κ2) is 7.68. The molecule has 1 amide bonds. The van der Waals surface area contributed by atoms with Gasteiger partial charge in [0, 0.05) is 23.7 Å². The number of carbonyl (C=O) groups is 1. The van der Waals surface area contributed by atoms with Crippen molar-refractivity contribution in [2.75, 3.05) is 25.5 Å². The first-order chi connectivity index (χ1) is 11.3. The minimum atomic E-state index is -0.130. The number of rotatable bonds is 5. The molecular weight excluding hydrogens is 310 g/mol. The minimum absolute atomic E-state index is 0.130. The van der Waals surface area contributed by atoms with Gasteiger partial charge in [0.2, 0.25) is 0 Å². The van der Waals surface area contributed by atoms with E-state index in [1.807, 2.05) is 24.4 Å². The Kier molecular flexibility index (Phi) is 5.38. The fraction of sp³-hybridized carbons (Fsp3) is 0.412. The number of ether oxygens (including phenoxy) is 1. The highest BCUT2D eigenvalue weighted by Crippen LogP contribution is 2.31. The molecule has 3 rings (SSSR count). The molecule has 0 aliphatic carbocycles. The largest absolute Gasteiger partial charge is 0.380 e. The number of anilines is 1. The third kappa shape index (κ3) is 4.16. The standard InChI is InChI=1S/C17H21N3O2S/c1-22-11-12-3-2-4-14(9-12)16(21)20-17-19-10-15(23-17)13-5-7-18-8-6-13/h2-4,9-10,13,18H,5-8,11H2,1H3,(H,19,20,21). The first-order valence-electron chi connectivity index (χ1n) is 7.82. The van der Waals surface area contributed by atoms with Crippen molar-refractivity contribution in [2.45, 2.75) is 25.4 Å². The number of nitrogens with one attached hydrogen (secondary N) is 2. The molecule has 0 atom stereocenters. The lowest BCUT2D eigenvalue weighted by molar-refractivity contribution is 0.102. The zero-order valence-corrected chi connectivity index (χ0v) is 14.0. The van der Waals surface area contributed by atoms with E-state index in [2.05, 4.69) is 15.6 Å². The van der Waals surface area contributed by atoms with Crippen LogP contribution in [0.15, 0.2) is 30.5 Å². The van der Waals surface area contributed by atoms with Gasteiger partial charge in [-0.3, -0.25) is 10.1 Å². The molecule has 2 N–H and O–H groups in total. The minimum Gasteiger partial charge on any atom is -0.380 e. The van der Waals surface area contributed by atoms with Gasteiger partial charge in [-0.05, 0) is 49.5 Å². The van der Waals surface area contributed by atoms with Crippen molar-refractivity contribution >= 4 is 22.4 Å². The summed E-state index contributed by atoms with van der Waals surface area (Å²) in [4.78, 5) is 18.0. The van der Waals surface area contributed by atoms with Crippen LogP contribution >= 0.6 is 11.3 Å². The molecule has 1 aliphatic heterocycles. The van der Waals surface area contributed by atoms with Crippen LogP contribution in [-0.2, 0) is 11.3 Å². The Morgan fingerprint density at radius 2 is 2.26 bits per heavy atom. The van der Waals surface area contributed by atoms with E-state index in [1.165, 1.54) is 4.88 Å². The summed E-state index contributed by atoms with van der Waals surface area (Å²) in [5, 5.41) is 6.93. The van der Waals surface area contributed by atoms with Gasteiger partial charge in [-0.1, -0.05) is 12.1 Å². The highest BCUT2D eigenvalue weighted by molar-refractivity contribution is 7.15. The van der Waals surface area contributed by atoms with Crippen molar-refractivity contribution in [3.8, 4) is 0 Å². The predicted molar refractivity (Wildman–Crippen MR) is 92.1 cm³/mol. The van der Waals surface area contributed by atoms with Crippen LogP contribution < -0.4 is 10.6 Å². The van der Waals surface area contributed by atoms with Crippen LogP contribution in [0, 0.1) is 0 Å². The molecule has 23 heavy (non-hydrogen) atoms. The van der Waals surface area contributed by atoms with Crippen LogP contribution in [0.3, 0.4) is 0 Å². The van der Waals surface area contributed by atoms with E-state index in [4.69, 9.17) is 4.74 Å². The summed E-state index contributed by atoms with van der Waals surface area (Å²) in [7, 11) is 1.64. The highest BCUT2D eigenvalue weighted by Gasteiger charge is 2.18. The maximum atomic E-state index is 12.4. The number of methoxy groups -OCH3 is 1. The maximum absolute atomic E-state index is 12.4. The van der Waals surface area contributed by atoms with Crippen molar-refractivity contribution in [3.05, 3.63) is 46.5 Å². The van der Waals surface area contributed by atoms with Crippen molar-refractivity contribution in [2.24, 2.45) is 0 Å². The quantitative estimate of drug-likeness (QED) is 0.884. The number of hydrogen-bond donors (Lipinski definition) is 2. The van der Waals surface area contributed by atoms with Crippen LogP contribution in [0.5, 0.6) is 0 Å². The van der Waals surface area contributed by atoms with Gasteiger partial charge in [-0.2, -0.15) is 0 Å². The smallest absolute Gasteiger partial charge is 0.257 e. The Labute approximate surface area is 140 Å². The number of thiazole rings is 1. The van der Waals surface area contributed by atoms with Gasteiger partial charge in [0.15, 0.2) is 5.13 Å². The van der Waals surface area contributed by atoms with Gasteiger partial charge in [-0.25, -0.2) is 4.98 Å². The molecule has 0 bridgehead atoms. The van der Waals surface area contributed by atoms with Crippen molar-refractivity contribution in [1.82, 2.24) is 10.3 Å². The second-order valence-corrected chi connectivity index (χ2v) is 6.74. The van der Waals surface area contributed by atoms with Gasteiger partial charge in [0.25, 0.3) is 5.91 Å². The average molecular weight is 331 g/mol. The van der Waals surface area contributed by atoms with E-state index in [1.54, 1.807) is 24.5 Å². The first kappa shape index (κ1) is 16.1. The molecule has 1 aliphatic rings. The van der Waals surface area contributed by atoms with Gasteiger partial charge in [0.1, 0.15) is 0 Å². The fourth-order valence-electron chi connectivity index (χ4n) is 2.78. The summed E-state index contributed by atoms with van der Waals surface area (Å²) in [6.45, 7) is 2.60. The van der Waals surface area contributed by atoms with E-state index in [-0.39, 0.29) is 5.91 Å². The van der Waals surface area contributed by atoms with Gasteiger partial charge < -0.3 is 10.1 Å². The molecule has 2 aromatic rings. The number of amides is 1. The van der Waals surface area contributed by atoms with E-state index >= 15 is 0 Å². The Morgan fingerprint density at radius 1 is 1.43 bits per heavy atom. The zero-order valence-electron chi connectivity index (χ0n) is 13.2. The van der Waals surface area contributed by atoms with Crippen molar-refractivity contribution in [1.29, 1.82) is 0 Å². The van der Waals surface area contributed by atoms with Crippen LogP contribution in [-0.4, -0.2) is 31.1 Å². The SMILES string of the molecule is COCc1cccc(C(=O)Nc2ncc(C3CCNCC3)s2)c1. The topological polar surface area (TPSA) is 63.2 Å². The van der Waals surface area contributed by atoms with E-state index < -0.39 is 0 Å². The molecule has 1 aromatic heterocycles. The van der Waals surface area contributed by atoms with Gasteiger partial charge in [0.05, 0.1) is 6.61 Å². The molecule has 0 radical (unpaired) electrons. The molecule has 0 spiro atoms. The van der Waals surface area contributed by atoms with Crippen molar-refractivity contribution in [3.63, 3.8) is 0 Å². The Bertz CT molecular complexity index is 665. The summed E-state index contributed by atoms with van der Waals surface area (Å²) < 4.78 is 5.10. The van der Waals surface area contributed by atoms with Crippen molar-refractivity contribution < 1.29 is 9.53 Å². The van der Waals surface area contributed by atoms with Gasteiger partial charge >= 0.3 is 0 Å². The molecule has 5 nitrogen and oxygen atoms in total. The molecule has 0 saturated carbocycles. The Morgan fingerprint density at radius 3 is 3.04 bits per heavy atom. The second-order valence-electron chi connectivity index (χ2n) is 5.68. The predicted octanol–water partition coefficient (Wildman–Crippen LogP) is 3.01.